The number of anilines is 1. The lowest BCUT2D eigenvalue weighted by Gasteiger charge is -2.28. The number of H-pyrrole nitrogens is 1. The zero-order chi connectivity index (χ0) is 30.7. The molecule has 0 radical (unpaired) electrons. The van der Waals surface area contributed by atoms with Gasteiger partial charge in [0.25, 0.3) is 12.2 Å². The van der Waals surface area contributed by atoms with Gasteiger partial charge in [0.2, 0.25) is 5.95 Å². The Hall–Kier alpha value is -1.62. The van der Waals surface area contributed by atoms with Gasteiger partial charge in [-0.05, 0) is 32.6 Å². The molecule has 0 bridgehead atoms. The SMILES string of the molecule is CC(C)OC(=O)[C@H](C)N[P@@](=S)(OCCSC(=O)C(C)(C)C)OC[C@H]1O[C@@H](n2cnc3c(=O)[nH]c(N)nc32)[C@@H](Cl)[C@@H]1O. The quantitative estimate of drug-likeness (QED) is 0.112. The van der Waals surface area contributed by atoms with Crippen LogP contribution in [0.25, 0.3) is 11.2 Å². The van der Waals surface area contributed by atoms with E-state index in [-0.39, 0.29) is 41.5 Å². The molecule has 3 rings (SSSR count). The number of aliphatic hydroxyl groups is 1. The predicted molar refractivity (Wildman–Crippen MR) is 159 cm³/mol. The summed E-state index contributed by atoms with van der Waals surface area (Å²) in [6.45, 7) is 6.89. The monoisotopic (exact) mass is 654 g/mol. The van der Waals surface area contributed by atoms with Crippen molar-refractivity contribution in [1.82, 2.24) is 24.6 Å². The van der Waals surface area contributed by atoms with Crippen LogP contribution in [-0.2, 0) is 39.9 Å². The van der Waals surface area contributed by atoms with E-state index in [9.17, 15) is 19.5 Å². The number of alkyl halides is 1. The first kappa shape index (κ1) is 33.9. The van der Waals surface area contributed by atoms with E-state index in [1.807, 2.05) is 20.8 Å². The lowest BCUT2D eigenvalue weighted by atomic mass is 10.00. The molecule has 1 fully saturated rings. The summed E-state index contributed by atoms with van der Waals surface area (Å²) in [5.74, 6) is -0.363. The normalized spacial score (nSPS) is 23.5. The molecule has 2 aromatic heterocycles. The van der Waals surface area contributed by atoms with E-state index >= 15 is 0 Å². The molecule has 1 aliphatic rings. The van der Waals surface area contributed by atoms with Crippen LogP contribution >= 0.6 is 30.0 Å². The number of halogens is 1. The fourth-order valence-electron chi connectivity index (χ4n) is 3.61. The van der Waals surface area contributed by atoms with Gasteiger partial charge in [0.15, 0.2) is 22.5 Å². The number of aliphatic hydroxyl groups excluding tert-OH is 1. The Morgan fingerprint density at radius 2 is 2.05 bits per heavy atom. The van der Waals surface area contributed by atoms with Crippen molar-refractivity contribution in [2.24, 2.45) is 5.41 Å². The fraction of sp³-hybridized carbons (Fsp3) is 0.696. The molecule has 0 unspecified atom stereocenters. The van der Waals surface area contributed by atoms with Crippen LogP contribution in [0.3, 0.4) is 0 Å². The standard InChI is InChI=1S/C23H36ClN6O8PS2/c1-11(2)37-20(33)12(3)29-39(40,35-7-8-41-21(34)23(4,5)6)36-9-13-16(31)14(24)19(38-13)30-10-26-15-17(30)27-22(25)28-18(15)32/h10-14,16,19,31H,7-9H2,1-6H3,(H,29,40)(H3,25,27,28,32)/t12-,13+,14-,16+,19+,39+/m0/s1. The molecule has 41 heavy (non-hydrogen) atoms. The number of nitrogen functional groups attached to an aromatic ring is 1. The summed E-state index contributed by atoms with van der Waals surface area (Å²) in [5.41, 5.74) is 4.78. The van der Waals surface area contributed by atoms with E-state index < -0.39 is 53.4 Å². The third kappa shape index (κ3) is 8.71. The second-order valence-corrected chi connectivity index (χ2v) is 15.4. The number of aromatic amines is 1. The van der Waals surface area contributed by atoms with Crippen molar-refractivity contribution >= 4 is 70.0 Å². The van der Waals surface area contributed by atoms with Crippen LogP contribution in [0.15, 0.2) is 11.1 Å². The number of rotatable bonds is 12. The summed E-state index contributed by atoms with van der Waals surface area (Å²) in [4.78, 5) is 47.4. The summed E-state index contributed by atoms with van der Waals surface area (Å²) in [7, 11) is 0. The summed E-state index contributed by atoms with van der Waals surface area (Å²) in [6.07, 6.45) is -2.18. The number of carbonyl (C=O) groups excluding carboxylic acids is 2. The smallest absolute Gasteiger partial charge is 0.323 e. The molecule has 0 aromatic carbocycles. The van der Waals surface area contributed by atoms with Gasteiger partial charge in [0.05, 0.1) is 25.6 Å². The second kappa shape index (κ2) is 13.8. The van der Waals surface area contributed by atoms with Crippen LogP contribution < -0.4 is 16.4 Å². The number of hydrogen-bond acceptors (Lipinski definition) is 13. The molecular weight excluding hydrogens is 619 g/mol. The molecule has 3 heterocycles. The third-order valence-electron chi connectivity index (χ3n) is 5.67. The van der Waals surface area contributed by atoms with Crippen LogP contribution in [0.4, 0.5) is 5.95 Å². The highest BCUT2D eigenvalue weighted by Gasteiger charge is 2.45. The highest BCUT2D eigenvalue weighted by Crippen LogP contribution is 2.46. The van der Waals surface area contributed by atoms with Crippen molar-refractivity contribution in [3.05, 3.63) is 16.7 Å². The molecule has 14 nitrogen and oxygen atoms in total. The summed E-state index contributed by atoms with van der Waals surface area (Å²) < 4.78 is 24.5. The van der Waals surface area contributed by atoms with Crippen LogP contribution in [0.5, 0.6) is 0 Å². The molecule has 18 heteroatoms. The summed E-state index contributed by atoms with van der Waals surface area (Å²) >= 11 is 13.3. The number of ether oxygens (including phenoxy) is 2. The Balaban J connectivity index is 1.72. The Labute approximate surface area is 251 Å². The maximum atomic E-state index is 12.4. The minimum Gasteiger partial charge on any atom is -0.462 e. The van der Waals surface area contributed by atoms with E-state index in [1.165, 1.54) is 10.9 Å². The lowest BCUT2D eigenvalue weighted by Crippen LogP contribution is -2.37. The van der Waals surface area contributed by atoms with Crippen LogP contribution in [0.2, 0.25) is 0 Å². The highest BCUT2D eigenvalue weighted by molar-refractivity contribution is 8.13. The number of nitrogens with two attached hydrogens (primary N) is 1. The van der Waals surface area contributed by atoms with Gasteiger partial charge < -0.3 is 29.4 Å². The van der Waals surface area contributed by atoms with E-state index in [4.69, 9.17) is 47.7 Å². The number of imidazole rings is 1. The van der Waals surface area contributed by atoms with Crippen molar-refractivity contribution in [1.29, 1.82) is 0 Å². The number of esters is 1. The maximum absolute atomic E-state index is 12.4. The first-order chi connectivity index (χ1) is 19.0. The largest absolute Gasteiger partial charge is 0.462 e. The average molecular weight is 655 g/mol. The third-order valence-corrected chi connectivity index (χ3v) is 10.1. The van der Waals surface area contributed by atoms with E-state index in [0.29, 0.717) is 5.75 Å². The first-order valence-corrected chi connectivity index (χ1v) is 16.8. The minimum absolute atomic E-state index is 0.0101. The van der Waals surface area contributed by atoms with Gasteiger partial charge >= 0.3 is 5.97 Å². The van der Waals surface area contributed by atoms with Crippen LogP contribution in [0.1, 0.15) is 47.8 Å². The van der Waals surface area contributed by atoms with Crippen molar-refractivity contribution < 1.29 is 33.2 Å². The van der Waals surface area contributed by atoms with Gasteiger partial charge in [0, 0.05) is 11.2 Å². The molecule has 0 amide bonds. The van der Waals surface area contributed by atoms with Gasteiger partial charge in [-0.3, -0.25) is 23.9 Å². The van der Waals surface area contributed by atoms with Crippen molar-refractivity contribution in [2.75, 3.05) is 24.7 Å². The second-order valence-electron chi connectivity index (χ2n) is 10.6. The summed E-state index contributed by atoms with van der Waals surface area (Å²) in [6, 6.07) is -0.873. The number of nitrogens with one attached hydrogen (secondary N) is 2. The van der Waals surface area contributed by atoms with Gasteiger partial charge in [0.1, 0.15) is 23.6 Å². The van der Waals surface area contributed by atoms with Crippen molar-refractivity contribution in [3.8, 4) is 0 Å². The number of thioether (sulfide) groups is 1. The number of fused-ring (bicyclic) bond motifs is 1. The molecule has 1 saturated heterocycles. The van der Waals surface area contributed by atoms with Gasteiger partial charge in [-0.25, -0.2) is 10.1 Å². The Morgan fingerprint density at radius 3 is 2.68 bits per heavy atom. The number of hydrogen-bond donors (Lipinski definition) is 4. The summed E-state index contributed by atoms with van der Waals surface area (Å²) in [5, 5.41) is 12.8. The molecule has 1 aliphatic heterocycles. The number of aromatic nitrogens is 4. The Morgan fingerprint density at radius 1 is 1.37 bits per heavy atom. The highest BCUT2D eigenvalue weighted by atomic mass is 35.5. The minimum atomic E-state index is -3.37. The lowest BCUT2D eigenvalue weighted by molar-refractivity contribution is -0.149. The molecule has 0 spiro atoms. The molecule has 5 N–H and O–H groups in total. The molecule has 6 atom stereocenters. The Bertz CT molecular complexity index is 1350. The molecular formula is C23H36ClN6O8PS2. The fourth-order valence-corrected chi connectivity index (χ4v) is 7.22. The van der Waals surface area contributed by atoms with Gasteiger partial charge in [-0.15, -0.1) is 11.6 Å². The number of nitrogens with zero attached hydrogens (tertiary/aromatic N) is 3. The molecule has 230 valence electrons. The van der Waals surface area contributed by atoms with Crippen LogP contribution in [-0.4, -0.2) is 84.4 Å². The topological polar surface area (TPSA) is 193 Å². The van der Waals surface area contributed by atoms with E-state index in [0.717, 1.165) is 11.8 Å². The van der Waals surface area contributed by atoms with E-state index in [1.54, 1.807) is 20.8 Å². The van der Waals surface area contributed by atoms with E-state index in [2.05, 4.69) is 20.0 Å². The number of carbonyl (C=O) groups is 2. The molecule has 0 aliphatic carbocycles. The molecule has 0 saturated carbocycles. The van der Waals surface area contributed by atoms with Crippen molar-refractivity contribution in [2.45, 2.75) is 77.5 Å². The van der Waals surface area contributed by atoms with Crippen molar-refractivity contribution in [3.63, 3.8) is 0 Å². The Kier molecular flexibility index (Phi) is 11.4. The first-order valence-electron chi connectivity index (χ1n) is 12.8. The zero-order valence-corrected chi connectivity index (χ0v) is 26.8. The van der Waals surface area contributed by atoms with Gasteiger partial charge in [-0.2, -0.15) is 4.98 Å². The van der Waals surface area contributed by atoms with Crippen LogP contribution in [0, 0.1) is 5.41 Å². The predicted octanol–water partition coefficient (Wildman–Crippen LogP) is 2.06. The van der Waals surface area contributed by atoms with Gasteiger partial charge in [-0.1, -0.05) is 32.5 Å². The zero-order valence-electron chi connectivity index (χ0n) is 23.5. The molecule has 2 aromatic rings. The average Bonchev–Trinajstić information content (AvgIpc) is 3.40. The maximum Gasteiger partial charge on any atom is 0.323 e.